The number of methoxy groups -OCH3 is 1. The summed E-state index contributed by atoms with van der Waals surface area (Å²) < 4.78 is 7.26. The van der Waals surface area contributed by atoms with Gasteiger partial charge in [0.05, 0.1) is 12.9 Å². The number of carbonyl (C=O) groups is 1. The first-order valence-electron chi connectivity index (χ1n) is 10.2. The summed E-state index contributed by atoms with van der Waals surface area (Å²) >= 11 is 3.08. The van der Waals surface area contributed by atoms with Crippen molar-refractivity contribution in [2.24, 2.45) is 0 Å². The van der Waals surface area contributed by atoms with Crippen LogP contribution in [0.15, 0.2) is 71.2 Å². The lowest BCUT2D eigenvalue weighted by atomic mass is 10.2. The van der Waals surface area contributed by atoms with E-state index in [0.717, 1.165) is 29.2 Å². The number of nitrogens with one attached hydrogen (secondary N) is 1. The van der Waals surface area contributed by atoms with Crippen LogP contribution in [0, 0.1) is 6.92 Å². The van der Waals surface area contributed by atoms with Gasteiger partial charge in [-0.1, -0.05) is 35.5 Å². The second-order valence-corrected chi connectivity index (χ2v) is 9.15. The molecule has 6 nitrogen and oxygen atoms in total. The number of hydrogen-bond donors (Lipinski definition) is 1. The van der Waals surface area contributed by atoms with Crippen molar-refractivity contribution in [1.29, 1.82) is 0 Å². The Kier molecular flexibility index (Phi) is 7.24. The van der Waals surface area contributed by atoms with Crippen LogP contribution in [0.2, 0.25) is 0 Å². The summed E-state index contributed by atoms with van der Waals surface area (Å²) in [7, 11) is 1.64. The molecule has 0 aliphatic heterocycles. The molecule has 4 rings (SSSR count). The standard InChI is InChI=1S/C24H24N4O2S2/c1-17-5-9-19(10-6-17)28-23(18-7-11-20(30-2)12-8-18)26-27-24(28)32-16-22(29)25-14-13-21-4-3-15-31-21/h3-12,15H,13-14,16H2,1-2H3,(H,25,29). The van der Waals surface area contributed by atoms with Crippen molar-refractivity contribution >= 4 is 29.0 Å². The number of carbonyl (C=O) groups excluding carboxylic acids is 1. The van der Waals surface area contributed by atoms with Gasteiger partial charge in [-0.2, -0.15) is 0 Å². The SMILES string of the molecule is COc1ccc(-c2nnc(SCC(=O)NCCc3cccs3)n2-c2ccc(C)cc2)cc1. The van der Waals surface area contributed by atoms with Crippen LogP contribution in [0.3, 0.4) is 0 Å². The molecular formula is C24H24N4O2S2. The fourth-order valence-electron chi connectivity index (χ4n) is 3.18. The maximum Gasteiger partial charge on any atom is 0.230 e. The minimum atomic E-state index is -0.0176. The number of thiophene rings is 1. The first-order chi connectivity index (χ1) is 15.6. The van der Waals surface area contributed by atoms with Gasteiger partial charge in [0, 0.05) is 22.7 Å². The van der Waals surface area contributed by atoms with E-state index in [1.54, 1.807) is 18.4 Å². The van der Waals surface area contributed by atoms with Crippen molar-refractivity contribution in [3.05, 3.63) is 76.5 Å². The summed E-state index contributed by atoms with van der Waals surface area (Å²) in [6.07, 6.45) is 0.843. The lowest BCUT2D eigenvalue weighted by Crippen LogP contribution is -2.27. The summed E-state index contributed by atoms with van der Waals surface area (Å²) in [6, 6.07) is 20.0. The van der Waals surface area contributed by atoms with Gasteiger partial charge in [0.1, 0.15) is 5.75 Å². The largest absolute Gasteiger partial charge is 0.497 e. The first-order valence-corrected chi connectivity index (χ1v) is 12.1. The molecule has 0 aliphatic carbocycles. The zero-order chi connectivity index (χ0) is 22.3. The number of benzene rings is 2. The van der Waals surface area contributed by atoms with Crippen LogP contribution < -0.4 is 10.1 Å². The monoisotopic (exact) mass is 464 g/mol. The molecule has 0 bridgehead atoms. The van der Waals surface area contributed by atoms with E-state index in [1.807, 2.05) is 52.4 Å². The number of aryl methyl sites for hydroxylation is 1. The summed E-state index contributed by atoms with van der Waals surface area (Å²) in [4.78, 5) is 13.6. The van der Waals surface area contributed by atoms with Gasteiger partial charge < -0.3 is 10.1 Å². The molecule has 32 heavy (non-hydrogen) atoms. The van der Waals surface area contributed by atoms with E-state index >= 15 is 0 Å². The van der Waals surface area contributed by atoms with Gasteiger partial charge >= 0.3 is 0 Å². The molecule has 0 radical (unpaired) electrons. The number of rotatable bonds is 9. The first kappa shape index (κ1) is 22.1. The molecule has 0 atom stereocenters. The summed E-state index contributed by atoms with van der Waals surface area (Å²) in [5, 5.41) is 14.5. The van der Waals surface area contributed by atoms with E-state index < -0.39 is 0 Å². The van der Waals surface area contributed by atoms with E-state index in [2.05, 4.69) is 40.6 Å². The molecule has 8 heteroatoms. The predicted molar refractivity (Wildman–Crippen MR) is 130 cm³/mol. The summed E-state index contributed by atoms with van der Waals surface area (Å²) in [5.41, 5.74) is 3.05. The van der Waals surface area contributed by atoms with Crippen LogP contribution >= 0.6 is 23.1 Å². The summed E-state index contributed by atoms with van der Waals surface area (Å²) in [6.45, 7) is 2.68. The van der Waals surface area contributed by atoms with E-state index in [4.69, 9.17) is 4.74 Å². The quantitative estimate of drug-likeness (QED) is 0.362. The number of ether oxygens (including phenoxy) is 1. The molecule has 0 aliphatic rings. The Morgan fingerprint density at radius 2 is 1.88 bits per heavy atom. The molecule has 164 valence electrons. The Labute approximate surface area is 195 Å². The Hall–Kier alpha value is -3.10. The molecular weight excluding hydrogens is 440 g/mol. The van der Waals surface area contributed by atoms with Crippen molar-refractivity contribution in [2.45, 2.75) is 18.5 Å². The van der Waals surface area contributed by atoms with Crippen LogP contribution in [-0.2, 0) is 11.2 Å². The Morgan fingerprint density at radius 3 is 2.56 bits per heavy atom. The second kappa shape index (κ2) is 10.5. The Balaban J connectivity index is 1.51. The zero-order valence-corrected chi connectivity index (χ0v) is 19.6. The number of thioether (sulfide) groups is 1. The fourth-order valence-corrected chi connectivity index (χ4v) is 4.67. The Morgan fingerprint density at radius 1 is 1.09 bits per heavy atom. The molecule has 1 N–H and O–H groups in total. The molecule has 4 aromatic rings. The van der Waals surface area contributed by atoms with Crippen LogP contribution in [0.4, 0.5) is 0 Å². The third kappa shape index (κ3) is 5.38. The van der Waals surface area contributed by atoms with Crippen molar-refractivity contribution < 1.29 is 9.53 Å². The highest BCUT2D eigenvalue weighted by Crippen LogP contribution is 2.29. The molecule has 2 heterocycles. The second-order valence-electron chi connectivity index (χ2n) is 7.17. The maximum absolute atomic E-state index is 12.4. The number of hydrogen-bond acceptors (Lipinski definition) is 6. The van der Waals surface area contributed by atoms with Crippen LogP contribution in [0.1, 0.15) is 10.4 Å². The number of aromatic nitrogens is 3. The minimum absolute atomic E-state index is 0.0176. The molecule has 1 amide bonds. The molecule has 2 aromatic carbocycles. The van der Waals surface area contributed by atoms with Crippen molar-refractivity contribution in [2.75, 3.05) is 19.4 Å². The third-order valence-electron chi connectivity index (χ3n) is 4.88. The topological polar surface area (TPSA) is 69.0 Å². The maximum atomic E-state index is 12.4. The van der Waals surface area contributed by atoms with E-state index in [0.29, 0.717) is 11.7 Å². The van der Waals surface area contributed by atoms with Crippen molar-refractivity contribution in [1.82, 2.24) is 20.1 Å². The highest BCUT2D eigenvalue weighted by molar-refractivity contribution is 7.99. The lowest BCUT2D eigenvalue weighted by Gasteiger charge is -2.11. The Bertz CT molecular complexity index is 1150. The van der Waals surface area contributed by atoms with Crippen LogP contribution in [-0.4, -0.2) is 40.1 Å². The van der Waals surface area contributed by atoms with E-state index in [1.165, 1.54) is 22.2 Å². The predicted octanol–water partition coefficient (Wildman–Crippen LogP) is 4.76. The molecule has 0 fully saturated rings. The molecule has 0 saturated carbocycles. The van der Waals surface area contributed by atoms with E-state index in [-0.39, 0.29) is 11.7 Å². The molecule has 0 spiro atoms. The average molecular weight is 465 g/mol. The minimum Gasteiger partial charge on any atom is -0.497 e. The van der Waals surface area contributed by atoms with Gasteiger partial charge in [-0.25, -0.2) is 0 Å². The lowest BCUT2D eigenvalue weighted by molar-refractivity contribution is -0.118. The van der Waals surface area contributed by atoms with Crippen LogP contribution in [0.25, 0.3) is 17.1 Å². The molecule has 2 aromatic heterocycles. The molecule has 0 saturated heterocycles. The third-order valence-corrected chi connectivity index (χ3v) is 6.74. The zero-order valence-electron chi connectivity index (χ0n) is 17.9. The number of amides is 1. The highest BCUT2D eigenvalue weighted by Gasteiger charge is 2.17. The van der Waals surface area contributed by atoms with Crippen molar-refractivity contribution in [3.63, 3.8) is 0 Å². The van der Waals surface area contributed by atoms with Gasteiger partial charge in [-0.05, 0) is 61.2 Å². The van der Waals surface area contributed by atoms with E-state index in [9.17, 15) is 4.79 Å². The normalized spacial score (nSPS) is 10.8. The van der Waals surface area contributed by atoms with Crippen LogP contribution in [0.5, 0.6) is 5.75 Å². The van der Waals surface area contributed by atoms with Gasteiger partial charge in [-0.3, -0.25) is 9.36 Å². The fraction of sp³-hybridized carbons (Fsp3) is 0.208. The highest BCUT2D eigenvalue weighted by atomic mass is 32.2. The smallest absolute Gasteiger partial charge is 0.230 e. The van der Waals surface area contributed by atoms with Crippen molar-refractivity contribution in [3.8, 4) is 22.8 Å². The van der Waals surface area contributed by atoms with Gasteiger partial charge in [-0.15, -0.1) is 21.5 Å². The van der Waals surface area contributed by atoms with Gasteiger partial charge in [0.2, 0.25) is 5.91 Å². The summed E-state index contributed by atoms with van der Waals surface area (Å²) in [5.74, 6) is 1.76. The van der Waals surface area contributed by atoms with Gasteiger partial charge in [0.25, 0.3) is 0 Å². The number of nitrogens with zero attached hydrogens (tertiary/aromatic N) is 3. The molecule has 0 unspecified atom stereocenters. The van der Waals surface area contributed by atoms with Gasteiger partial charge in [0.15, 0.2) is 11.0 Å². The average Bonchev–Trinajstić information content (AvgIpc) is 3.48.